The maximum Gasteiger partial charge on any atom is 0.241 e. The second-order valence-corrected chi connectivity index (χ2v) is 7.78. The van der Waals surface area contributed by atoms with Gasteiger partial charge in [-0.1, -0.05) is 42.6 Å². The Balaban J connectivity index is 1.80. The molecule has 0 aromatic heterocycles. The molecule has 0 bridgehead atoms. The molecule has 0 aliphatic heterocycles. The van der Waals surface area contributed by atoms with Crippen LogP contribution in [-0.4, -0.2) is 17.8 Å². The molecular formula is C19H20ClNO2S. The smallest absolute Gasteiger partial charge is 0.241 e. The highest BCUT2D eigenvalue weighted by Gasteiger charge is 2.42. The Bertz CT molecular complexity index is 715. The van der Waals surface area contributed by atoms with Crippen molar-refractivity contribution in [3.63, 3.8) is 0 Å². The van der Waals surface area contributed by atoms with Gasteiger partial charge in [-0.2, -0.15) is 0 Å². The van der Waals surface area contributed by atoms with Crippen LogP contribution in [0.1, 0.15) is 25.7 Å². The molecule has 0 saturated heterocycles. The lowest BCUT2D eigenvalue weighted by molar-refractivity contribution is -0.118. The topological polar surface area (TPSA) is 38.3 Å². The number of halogens is 1. The number of benzene rings is 2. The van der Waals surface area contributed by atoms with Crippen molar-refractivity contribution in [2.75, 3.05) is 12.4 Å². The number of amides is 1. The fourth-order valence-electron chi connectivity index (χ4n) is 3.00. The van der Waals surface area contributed by atoms with Gasteiger partial charge in [0.1, 0.15) is 5.75 Å². The minimum absolute atomic E-state index is 0.0286. The van der Waals surface area contributed by atoms with Gasteiger partial charge in [0.2, 0.25) is 5.91 Å². The van der Waals surface area contributed by atoms with E-state index in [0.29, 0.717) is 16.5 Å². The van der Waals surface area contributed by atoms with Crippen LogP contribution in [0.25, 0.3) is 0 Å². The first kappa shape index (κ1) is 17.2. The SMILES string of the molecule is COc1ccc(NC(=O)C2(Sc3ccccc3)CCCC2)c(Cl)c1. The van der Waals surface area contributed by atoms with Crippen LogP contribution in [0.5, 0.6) is 5.75 Å². The zero-order valence-corrected chi connectivity index (χ0v) is 15.1. The summed E-state index contributed by atoms with van der Waals surface area (Å²) in [5.74, 6) is 0.702. The molecule has 0 radical (unpaired) electrons. The maximum absolute atomic E-state index is 13.0. The summed E-state index contributed by atoms with van der Waals surface area (Å²) in [7, 11) is 1.59. The van der Waals surface area contributed by atoms with Crippen LogP contribution in [0.4, 0.5) is 5.69 Å². The fourth-order valence-corrected chi connectivity index (χ4v) is 4.59. The average molecular weight is 362 g/mol. The molecule has 1 aliphatic carbocycles. The molecule has 5 heteroatoms. The molecule has 1 amide bonds. The molecule has 0 heterocycles. The van der Waals surface area contributed by atoms with E-state index < -0.39 is 4.75 Å². The number of ether oxygens (including phenoxy) is 1. The number of methoxy groups -OCH3 is 1. The minimum Gasteiger partial charge on any atom is -0.497 e. The molecular weight excluding hydrogens is 342 g/mol. The van der Waals surface area contributed by atoms with Gasteiger partial charge >= 0.3 is 0 Å². The first-order chi connectivity index (χ1) is 11.6. The Morgan fingerprint density at radius 3 is 2.50 bits per heavy atom. The van der Waals surface area contributed by atoms with Crippen molar-refractivity contribution in [3.8, 4) is 5.75 Å². The predicted molar refractivity (Wildman–Crippen MR) is 100 cm³/mol. The van der Waals surface area contributed by atoms with Gasteiger partial charge in [0.05, 0.1) is 22.6 Å². The van der Waals surface area contributed by atoms with Crippen LogP contribution in [0, 0.1) is 0 Å². The summed E-state index contributed by atoms with van der Waals surface area (Å²) in [5, 5.41) is 3.50. The van der Waals surface area contributed by atoms with E-state index in [1.54, 1.807) is 37.1 Å². The highest BCUT2D eigenvalue weighted by atomic mass is 35.5. The van der Waals surface area contributed by atoms with E-state index in [1.165, 1.54) is 0 Å². The molecule has 0 unspecified atom stereocenters. The van der Waals surface area contributed by atoms with E-state index in [0.717, 1.165) is 30.6 Å². The summed E-state index contributed by atoms with van der Waals surface area (Å²) in [6, 6.07) is 15.4. The molecule has 0 atom stereocenters. The standard InChI is InChI=1S/C19H20ClNO2S/c1-23-14-9-10-17(16(20)13-14)21-18(22)19(11-5-6-12-19)24-15-7-3-2-4-8-15/h2-4,7-10,13H,5-6,11-12H2,1H3,(H,21,22). The Kier molecular flexibility index (Phi) is 5.36. The monoisotopic (exact) mass is 361 g/mol. The number of carbonyl (C=O) groups excluding carboxylic acids is 1. The number of thioether (sulfide) groups is 1. The molecule has 126 valence electrons. The van der Waals surface area contributed by atoms with E-state index in [4.69, 9.17) is 16.3 Å². The van der Waals surface area contributed by atoms with E-state index in [9.17, 15) is 4.79 Å². The third-order valence-electron chi connectivity index (χ3n) is 4.31. The first-order valence-electron chi connectivity index (χ1n) is 8.02. The Morgan fingerprint density at radius 1 is 1.17 bits per heavy atom. The van der Waals surface area contributed by atoms with Crippen LogP contribution in [0.2, 0.25) is 5.02 Å². The van der Waals surface area contributed by atoms with Gasteiger partial charge in [-0.3, -0.25) is 4.79 Å². The molecule has 3 nitrogen and oxygen atoms in total. The number of hydrogen-bond donors (Lipinski definition) is 1. The van der Waals surface area contributed by atoms with Crippen LogP contribution < -0.4 is 10.1 Å². The number of nitrogens with one attached hydrogen (secondary N) is 1. The van der Waals surface area contributed by atoms with Gasteiger partial charge in [-0.25, -0.2) is 0 Å². The predicted octanol–water partition coefficient (Wildman–Crippen LogP) is 5.39. The van der Waals surface area contributed by atoms with E-state index in [-0.39, 0.29) is 5.91 Å². The summed E-state index contributed by atoms with van der Waals surface area (Å²) in [4.78, 5) is 14.1. The third-order valence-corrected chi connectivity index (χ3v) is 6.11. The Hall–Kier alpha value is -1.65. The molecule has 3 rings (SSSR count). The van der Waals surface area contributed by atoms with Crippen molar-refractivity contribution in [1.82, 2.24) is 0 Å². The second-order valence-electron chi connectivity index (χ2n) is 5.92. The number of anilines is 1. The van der Waals surface area contributed by atoms with Gasteiger partial charge in [-0.05, 0) is 37.1 Å². The zero-order valence-electron chi connectivity index (χ0n) is 13.5. The third kappa shape index (κ3) is 3.70. The number of hydrogen-bond acceptors (Lipinski definition) is 3. The zero-order chi connectivity index (χ0) is 17.0. The van der Waals surface area contributed by atoms with Crippen molar-refractivity contribution < 1.29 is 9.53 Å². The molecule has 24 heavy (non-hydrogen) atoms. The molecule has 1 saturated carbocycles. The van der Waals surface area contributed by atoms with Crippen molar-refractivity contribution >= 4 is 35.0 Å². The first-order valence-corrected chi connectivity index (χ1v) is 9.21. The summed E-state index contributed by atoms with van der Waals surface area (Å²) in [6.45, 7) is 0. The van der Waals surface area contributed by atoms with Gasteiger partial charge < -0.3 is 10.1 Å². The van der Waals surface area contributed by atoms with Crippen molar-refractivity contribution in [2.45, 2.75) is 35.3 Å². The van der Waals surface area contributed by atoms with Gasteiger partial charge in [0, 0.05) is 11.0 Å². The van der Waals surface area contributed by atoms with Crippen LogP contribution in [0.3, 0.4) is 0 Å². The maximum atomic E-state index is 13.0. The van der Waals surface area contributed by atoms with Gasteiger partial charge in [0.15, 0.2) is 0 Å². The largest absolute Gasteiger partial charge is 0.497 e. The lowest BCUT2D eigenvalue weighted by Crippen LogP contribution is -2.37. The molecule has 2 aromatic rings. The van der Waals surface area contributed by atoms with Gasteiger partial charge in [-0.15, -0.1) is 11.8 Å². The van der Waals surface area contributed by atoms with Crippen molar-refractivity contribution in [1.29, 1.82) is 0 Å². The quantitative estimate of drug-likeness (QED) is 0.775. The fraction of sp³-hybridized carbons (Fsp3) is 0.316. The summed E-state index contributed by atoms with van der Waals surface area (Å²) in [5.41, 5.74) is 0.627. The second kappa shape index (κ2) is 7.49. The molecule has 2 aromatic carbocycles. The molecule has 0 spiro atoms. The van der Waals surface area contributed by atoms with Crippen molar-refractivity contribution in [3.05, 3.63) is 53.6 Å². The summed E-state index contributed by atoms with van der Waals surface area (Å²) >= 11 is 7.92. The summed E-state index contributed by atoms with van der Waals surface area (Å²) < 4.78 is 4.73. The van der Waals surface area contributed by atoms with Gasteiger partial charge in [0.25, 0.3) is 0 Å². The lowest BCUT2D eigenvalue weighted by atomic mass is 10.1. The van der Waals surface area contributed by atoms with E-state index >= 15 is 0 Å². The minimum atomic E-state index is -0.426. The van der Waals surface area contributed by atoms with Crippen LogP contribution in [-0.2, 0) is 4.79 Å². The normalized spacial score (nSPS) is 15.9. The number of rotatable bonds is 5. The van der Waals surface area contributed by atoms with E-state index in [2.05, 4.69) is 17.4 Å². The average Bonchev–Trinajstić information content (AvgIpc) is 3.07. The highest BCUT2D eigenvalue weighted by molar-refractivity contribution is 8.01. The Labute approximate surface area is 151 Å². The Morgan fingerprint density at radius 2 is 1.88 bits per heavy atom. The number of carbonyl (C=O) groups is 1. The molecule has 1 aliphatic rings. The van der Waals surface area contributed by atoms with Crippen molar-refractivity contribution in [2.24, 2.45) is 0 Å². The highest BCUT2D eigenvalue weighted by Crippen LogP contribution is 2.46. The lowest BCUT2D eigenvalue weighted by Gasteiger charge is -2.27. The van der Waals surface area contributed by atoms with E-state index in [1.807, 2.05) is 18.2 Å². The van der Waals surface area contributed by atoms with Crippen LogP contribution in [0.15, 0.2) is 53.4 Å². The van der Waals surface area contributed by atoms with Crippen LogP contribution >= 0.6 is 23.4 Å². The molecule has 1 fully saturated rings. The summed E-state index contributed by atoms with van der Waals surface area (Å²) in [6.07, 6.45) is 3.91. The molecule has 1 N–H and O–H groups in total.